The third-order valence-electron chi connectivity index (χ3n) is 1.81. The molecule has 90 valence electrons. The molecule has 0 spiro atoms. The summed E-state index contributed by atoms with van der Waals surface area (Å²) in [5.41, 5.74) is 0.580. The average molecular weight is 226 g/mol. The van der Waals surface area contributed by atoms with Crippen LogP contribution < -0.4 is 0 Å². The number of carbonyl (C=O) groups is 2. The Kier molecular flexibility index (Phi) is 7.85. The van der Waals surface area contributed by atoms with Crippen molar-refractivity contribution < 1.29 is 19.1 Å². The minimum Gasteiger partial charge on any atom is -0.463 e. The van der Waals surface area contributed by atoms with Crippen molar-refractivity contribution >= 4 is 11.9 Å². The lowest BCUT2D eigenvalue weighted by Crippen LogP contribution is -2.05. The summed E-state index contributed by atoms with van der Waals surface area (Å²) in [6.07, 6.45) is 4.25. The fourth-order valence-corrected chi connectivity index (χ4v) is 0.962. The van der Waals surface area contributed by atoms with Crippen molar-refractivity contribution in [2.45, 2.75) is 26.7 Å². The molecule has 0 radical (unpaired) electrons. The zero-order chi connectivity index (χ0) is 12.4. The van der Waals surface area contributed by atoms with Crippen molar-refractivity contribution in [3.8, 4) is 0 Å². The molecule has 0 aliphatic carbocycles. The summed E-state index contributed by atoms with van der Waals surface area (Å²) < 4.78 is 9.59. The van der Waals surface area contributed by atoms with Gasteiger partial charge >= 0.3 is 11.9 Å². The van der Waals surface area contributed by atoms with E-state index in [2.05, 4.69) is 6.58 Å². The van der Waals surface area contributed by atoms with E-state index in [1.165, 1.54) is 0 Å². The summed E-state index contributed by atoms with van der Waals surface area (Å²) in [5, 5.41) is 0. The van der Waals surface area contributed by atoms with Crippen LogP contribution in [0.1, 0.15) is 26.7 Å². The van der Waals surface area contributed by atoms with Crippen LogP contribution in [0.15, 0.2) is 24.3 Å². The molecule has 4 heteroatoms. The first kappa shape index (κ1) is 14.4. The molecule has 0 aromatic rings. The van der Waals surface area contributed by atoms with E-state index in [-0.39, 0.29) is 5.97 Å². The van der Waals surface area contributed by atoms with Crippen LogP contribution in [0.4, 0.5) is 0 Å². The van der Waals surface area contributed by atoms with Crippen molar-refractivity contribution in [2.24, 2.45) is 0 Å². The van der Waals surface area contributed by atoms with Gasteiger partial charge in [0.15, 0.2) is 0 Å². The van der Waals surface area contributed by atoms with Gasteiger partial charge in [0.25, 0.3) is 0 Å². The smallest absolute Gasteiger partial charge is 0.333 e. The van der Waals surface area contributed by atoms with Crippen molar-refractivity contribution in [1.82, 2.24) is 0 Å². The normalized spacial score (nSPS) is 10.8. The predicted octanol–water partition coefficient (Wildman–Crippen LogP) is 2.01. The second-order valence-electron chi connectivity index (χ2n) is 3.12. The number of carbonyl (C=O) groups excluding carboxylic acids is 2. The molecule has 0 bridgehead atoms. The maximum absolute atomic E-state index is 11.2. The second kappa shape index (κ2) is 8.71. The third-order valence-corrected chi connectivity index (χ3v) is 1.81. The molecule has 0 N–H and O–H groups in total. The zero-order valence-corrected chi connectivity index (χ0v) is 9.82. The summed E-state index contributed by atoms with van der Waals surface area (Å²) in [7, 11) is 0. The molecule has 16 heavy (non-hydrogen) atoms. The number of rotatable bonds is 7. The second-order valence-corrected chi connectivity index (χ2v) is 3.12. The minimum absolute atomic E-state index is 0.300. The molecule has 0 aromatic carbocycles. The summed E-state index contributed by atoms with van der Waals surface area (Å²) >= 11 is 0. The van der Waals surface area contributed by atoms with Crippen LogP contribution in [0.25, 0.3) is 0 Å². The third kappa shape index (κ3) is 6.81. The lowest BCUT2D eigenvalue weighted by molar-refractivity contribution is -0.139. The molecule has 0 atom stereocenters. The van der Waals surface area contributed by atoms with Crippen LogP contribution in [-0.2, 0) is 19.1 Å². The largest absolute Gasteiger partial charge is 0.463 e. The van der Waals surface area contributed by atoms with Gasteiger partial charge in [-0.2, -0.15) is 0 Å². The molecule has 0 saturated carbocycles. The Balaban J connectivity index is 3.70. The van der Waals surface area contributed by atoms with Gasteiger partial charge in [-0.15, -0.1) is 0 Å². The van der Waals surface area contributed by atoms with E-state index in [1.54, 1.807) is 19.9 Å². The number of esters is 2. The topological polar surface area (TPSA) is 52.6 Å². The molecule has 0 heterocycles. The van der Waals surface area contributed by atoms with Gasteiger partial charge in [0.05, 0.1) is 13.2 Å². The summed E-state index contributed by atoms with van der Waals surface area (Å²) in [6, 6.07) is 0. The number of hydrogen-bond donors (Lipinski definition) is 0. The van der Waals surface area contributed by atoms with E-state index < -0.39 is 5.97 Å². The number of hydrogen-bond acceptors (Lipinski definition) is 4. The maximum atomic E-state index is 11.2. The fourth-order valence-electron chi connectivity index (χ4n) is 0.962. The van der Waals surface area contributed by atoms with Crippen LogP contribution in [0, 0.1) is 0 Å². The highest BCUT2D eigenvalue weighted by molar-refractivity contribution is 5.87. The summed E-state index contributed by atoms with van der Waals surface area (Å²) in [5.74, 6) is -0.725. The monoisotopic (exact) mass is 226 g/mol. The minimum atomic E-state index is -0.425. The molecular weight excluding hydrogens is 208 g/mol. The van der Waals surface area contributed by atoms with Crippen LogP contribution in [0.3, 0.4) is 0 Å². The Morgan fingerprint density at radius 2 is 2.00 bits per heavy atom. The Morgan fingerprint density at radius 1 is 1.31 bits per heavy atom. The predicted molar refractivity (Wildman–Crippen MR) is 60.8 cm³/mol. The highest BCUT2D eigenvalue weighted by Gasteiger charge is 2.03. The molecular formula is C12H18O4. The average Bonchev–Trinajstić information content (AvgIpc) is 2.28. The molecule has 0 aliphatic rings. The summed E-state index contributed by atoms with van der Waals surface area (Å²) in [6.45, 7) is 7.46. The van der Waals surface area contributed by atoms with Gasteiger partial charge < -0.3 is 9.47 Å². The Bertz CT molecular complexity index is 279. The van der Waals surface area contributed by atoms with Crippen LogP contribution in [-0.4, -0.2) is 25.2 Å². The van der Waals surface area contributed by atoms with Crippen molar-refractivity contribution in [2.75, 3.05) is 13.2 Å². The molecule has 0 unspecified atom stereocenters. The van der Waals surface area contributed by atoms with E-state index in [0.29, 0.717) is 31.6 Å². The molecule has 0 amide bonds. The van der Waals surface area contributed by atoms with E-state index in [4.69, 9.17) is 9.47 Å². The SMILES string of the molecule is C=CC(=O)OCCCC=C(C)C(=O)OCC. The van der Waals surface area contributed by atoms with Crippen LogP contribution in [0.5, 0.6) is 0 Å². The Morgan fingerprint density at radius 3 is 2.56 bits per heavy atom. The van der Waals surface area contributed by atoms with Gasteiger partial charge in [-0.3, -0.25) is 0 Å². The van der Waals surface area contributed by atoms with Gasteiger partial charge in [-0.25, -0.2) is 9.59 Å². The first-order valence-corrected chi connectivity index (χ1v) is 5.24. The number of allylic oxidation sites excluding steroid dienone is 1. The van der Waals surface area contributed by atoms with E-state index in [1.807, 2.05) is 0 Å². The van der Waals surface area contributed by atoms with Gasteiger partial charge in [0.1, 0.15) is 0 Å². The fraction of sp³-hybridized carbons (Fsp3) is 0.500. The van der Waals surface area contributed by atoms with Gasteiger partial charge in [0, 0.05) is 11.6 Å². The quantitative estimate of drug-likeness (QED) is 0.378. The Labute approximate surface area is 95.9 Å². The van der Waals surface area contributed by atoms with Gasteiger partial charge in [0.2, 0.25) is 0 Å². The number of unbranched alkanes of at least 4 members (excludes halogenated alkanes) is 1. The standard InChI is InChI=1S/C12H18O4/c1-4-11(13)16-9-7-6-8-10(3)12(14)15-5-2/h4,8H,1,5-7,9H2,2-3H3. The van der Waals surface area contributed by atoms with Crippen molar-refractivity contribution in [3.05, 3.63) is 24.3 Å². The lowest BCUT2D eigenvalue weighted by atomic mass is 10.2. The molecule has 0 rings (SSSR count). The van der Waals surface area contributed by atoms with Crippen LogP contribution in [0.2, 0.25) is 0 Å². The molecule has 4 nitrogen and oxygen atoms in total. The van der Waals surface area contributed by atoms with Gasteiger partial charge in [-0.1, -0.05) is 12.7 Å². The lowest BCUT2D eigenvalue weighted by Gasteiger charge is -2.02. The first-order valence-electron chi connectivity index (χ1n) is 5.24. The highest BCUT2D eigenvalue weighted by atomic mass is 16.5. The highest BCUT2D eigenvalue weighted by Crippen LogP contribution is 2.01. The van der Waals surface area contributed by atoms with Gasteiger partial charge in [-0.05, 0) is 26.7 Å². The van der Waals surface area contributed by atoms with Crippen LogP contribution >= 0.6 is 0 Å². The van der Waals surface area contributed by atoms with Crippen molar-refractivity contribution in [1.29, 1.82) is 0 Å². The molecule has 0 aromatic heterocycles. The molecule has 0 aliphatic heterocycles. The van der Waals surface area contributed by atoms with Crippen molar-refractivity contribution in [3.63, 3.8) is 0 Å². The zero-order valence-electron chi connectivity index (χ0n) is 9.82. The maximum Gasteiger partial charge on any atom is 0.333 e. The summed E-state index contributed by atoms with van der Waals surface area (Å²) in [4.78, 5) is 21.8. The van der Waals surface area contributed by atoms with E-state index in [9.17, 15) is 9.59 Å². The van der Waals surface area contributed by atoms with E-state index in [0.717, 1.165) is 6.08 Å². The first-order chi connectivity index (χ1) is 7.61. The molecule has 0 saturated heterocycles. The van der Waals surface area contributed by atoms with E-state index >= 15 is 0 Å². The number of ether oxygens (including phenoxy) is 2. The molecule has 0 fully saturated rings. The Hall–Kier alpha value is -1.58.